The Kier molecular flexibility index (Phi) is 7.15. The fourth-order valence-corrected chi connectivity index (χ4v) is 2.39. The molecule has 1 rings (SSSR count). The van der Waals surface area contributed by atoms with Crippen molar-refractivity contribution in [3.05, 3.63) is 0 Å². The van der Waals surface area contributed by atoms with Crippen LogP contribution >= 0.6 is 0 Å². The number of carbonyl (C=O) groups excluding carboxylic acids is 2. The summed E-state index contributed by atoms with van der Waals surface area (Å²) in [5.41, 5.74) is -0.558. The molecule has 1 fully saturated rings. The van der Waals surface area contributed by atoms with Gasteiger partial charge in [0.15, 0.2) is 0 Å². The van der Waals surface area contributed by atoms with Crippen LogP contribution in [0.15, 0.2) is 0 Å². The van der Waals surface area contributed by atoms with Crippen LogP contribution in [-0.2, 0) is 23.8 Å². The summed E-state index contributed by atoms with van der Waals surface area (Å²) in [5, 5.41) is 0. The van der Waals surface area contributed by atoms with Gasteiger partial charge in [-0.3, -0.25) is 9.59 Å². The molecular formula is C16H28O5. The molecule has 21 heavy (non-hydrogen) atoms. The molecule has 0 aliphatic heterocycles. The van der Waals surface area contributed by atoms with Crippen LogP contribution in [0.3, 0.4) is 0 Å². The van der Waals surface area contributed by atoms with E-state index in [2.05, 4.69) is 0 Å². The highest BCUT2D eigenvalue weighted by Gasteiger charge is 2.29. The standard InChI is InChI=1S/C16H28O5/c1-16(2,3)21-15(18)12(9-10-19-4)11-14(17)20-13-7-5-6-8-13/h12-13H,5-11H2,1-4H3. The molecule has 0 aromatic carbocycles. The largest absolute Gasteiger partial charge is 0.462 e. The Morgan fingerprint density at radius 1 is 1.19 bits per heavy atom. The van der Waals surface area contributed by atoms with E-state index in [0.29, 0.717) is 13.0 Å². The fourth-order valence-electron chi connectivity index (χ4n) is 2.39. The zero-order chi connectivity index (χ0) is 15.9. The highest BCUT2D eigenvalue weighted by Crippen LogP contribution is 2.23. The molecule has 122 valence electrons. The maximum atomic E-state index is 12.2. The molecule has 1 atom stereocenters. The molecule has 5 nitrogen and oxygen atoms in total. The van der Waals surface area contributed by atoms with E-state index in [0.717, 1.165) is 25.7 Å². The summed E-state index contributed by atoms with van der Waals surface area (Å²) in [7, 11) is 1.57. The van der Waals surface area contributed by atoms with Gasteiger partial charge in [0.05, 0.1) is 12.3 Å². The summed E-state index contributed by atoms with van der Waals surface area (Å²) in [6.45, 7) is 5.86. The molecule has 0 bridgehead atoms. The molecule has 5 heteroatoms. The van der Waals surface area contributed by atoms with Gasteiger partial charge in [-0.15, -0.1) is 0 Å². The number of carbonyl (C=O) groups is 2. The summed E-state index contributed by atoms with van der Waals surface area (Å²) in [4.78, 5) is 24.1. The smallest absolute Gasteiger partial charge is 0.310 e. The quantitative estimate of drug-likeness (QED) is 0.677. The van der Waals surface area contributed by atoms with Crippen LogP contribution in [0.5, 0.6) is 0 Å². The molecule has 1 unspecified atom stereocenters. The van der Waals surface area contributed by atoms with Crippen molar-refractivity contribution in [3.8, 4) is 0 Å². The van der Waals surface area contributed by atoms with E-state index in [-0.39, 0.29) is 24.5 Å². The summed E-state index contributed by atoms with van der Waals surface area (Å²) in [5.74, 6) is -1.17. The number of esters is 2. The van der Waals surface area contributed by atoms with Crippen LogP contribution in [0, 0.1) is 5.92 Å². The first-order chi connectivity index (χ1) is 9.81. The van der Waals surface area contributed by atoms with Crippen molar-refractivity contribution in [2.45, 2.75) is 71.0 Å². The number of ether oxygens (including phenoxy) is 3. The van der Waals surface area contributed by atoms with Gasteiger partial charge in [-0.1, -0.05) is 0 Å². The third-order valence-corrected chi connectivity index (χ3v) is 3.42. The lowest BCUT2D eigenvalue weighted by Gasteiger charge is -2.24. The lowest BCUT2D eigenvalue weighted by molar-refractivity contribution is -0.165. The van der Waals surface area contributed by atoms with E-state index in [1.54, 1.807) is 7.11 Å². The number of hydrogen-bond acceptors (Lipinski definition) is 5. The molecule has 0 aromatic heterocycles. The van der Waals surface area contributed by atoms with Crippen molar-refractivity contribution < 1.29 is 23.8 Å². The van der Waals surface area contributed by atoms with E-state index in [4.69, 9.17) is 14.2 Å². The normalized spacial score (nSPS) is 17.5. The zero-order valence-corrected chi connectivity index (χ0v) is 13.6. The van der Waals surface area contributed by atoms with Crippen molar-refractivity contribution in [1.29, 1.82) is 0 Å². The van der Waals surface area contributed by atoms with Gasteiger partial charge in [0.1, 0.15) is 11.7 Å². The first kappa shape index (κ1) is 18.0. The van der Waals surface area contributed by atoms with E-state index in [9.17, 15) is 9.59 Å². The third kappa shape index (κ3) is 7.46. The molecule has 0 spiro atoms. The second-order valence-corrected chi connectivity index (χ2v) is 6.61. The van der Waals surface area contributed by atoms with Gasteiger partial charge in [-0.05, 0) is 52.9 Å². The minimum Gasteiger partial charge on any atom is -0.462 e. The predicted octanol–water partition coefficient (Wildman–Crippen LogP) is 2.86. The summed E-state index contributed by atoms with van der Waals surface area (Å²) >= 11 is 0. The van der Waals surface area contributed by atoms with Crippen molar-refractivity contribution in [3.63, 3.8) is 0 Å². The van der Waals surface area contributed by atoms with Crippen molar-refractivity contribution in [2.24, 2.45) is 5.92 Å². The summed E-state index contributed by atoms with van der Waals surface area (Å²) in [6, 6.07) is 0. The van der Waals surface area contributed by atoms with Crippen LogP contribution in [0.1, 0.15) is 59.3 Å². The third-order valence-electron chi connectivity index (χ3n) is 3.42. The summed E-state index contributed by atoms with van der Waals surface area (Å²) in [6.07, 6.45) is 4.63. The Morgan fingerprint density at radius 2 is 1.81 bits per heavy atom. The Hall–Kier alpha value is -1.10. The predicted molar refractivity (Wildman–Crippen MR) is 78.8 cm³/mol. The highest BCUT2D eigenvalue weighted by atomic mass is 16.6. The van der Waals surface area contributed by atoms with Gasteiger partial charge in [0.2, 0.25) is 0 Å². The topological polar surface area (TPSA) is 61.8 Å². The molecule has 0 radical (unpaired) electrons. The van der Waals surface area contributed by atoms with Crippen LogP contribution in [-0.4, -0.2) is 37.4 Å². The average Bonchev–Trinajstić information content (AvgIpc) is 2.84. The molecule has 1 aliphatic rings. The molecule has 0 saturated heterocycles. The van der Waals surface area contributed by atoms with Crippen molar-refractivity contribution in [1.82, 2.24) is 0 Å². The van der Waals surface area contributed by atoms with Crippen molar-refractivity contribution in [2.75, 3.05) is 13.7 Å². The maximum Gasteiger partial charge on any atom is 0.310 e. The lowest BCUT2D eigenvalue weighted by atomic mass is 10.0. The number of methoxy groups -OCH3 is 1. The SMILES string of the molecule is COCCC(CC(=O)OC1CCCC1)C(=O)OC(C)(C)C. The van der Waals surface area contributed by atoms with Crippen molar-refractivity contribution >= 4 is 11.9 Å². The van der Waals surface area contributed by atoms with Crippen LogP contribution in [0.4, 0.5) is 0 Å². The van der Waals surface area contributed by atoms with E-state index >= 15 is 0 Å². The minimum atomic E-state index is -0.558. The second-order valence-electron chi connectivity index (χ2n) is 6.61. The second kappa shape index (κ2) is 8.37. The Balaban J connectivity index is 2.51. The number of rotatable bonds is 7. The molecule has 1 saturated carbocycles. The van der Waals surface area contributed by atoms with Crippen LogP contribution in [0.2, 0.25) is 0 Å². The molecule has 0 N–H and O–H groups in total. The molecule has 0 heterocycles. The highest BCUT2D eigenvalue weighted by molar-refractivity contribution is 5.80. The fraction of sp³-hybridized carbons (Fsp3) is 0.875. The van der Waals surface area contributed by atoms with E-state index in [1.807, 2.05) is 20.8 Å². The van der Waals surface area contributed by atoms with Gasteiger partial charge >= 0.3 is 11.9 Å². The van der Waals surface area contributed by atoms with Gasteiger partial charge in [0, 0.05) is 13.7 Å². The van der Waals surface area contributed by atoms with Gasteiger partial charge in [-0.2, -0.15) is 0 Å². The minimum absolute atomic E-state index is 0.0270. The Labute approximate surface area is 127 Å². The maximum absolute atomic E-state index is 12.2. The van der Waals surface area contributed by atoms with Crippen LogP contribution in [0.25, 0.3) is 0 Å². The van der Waals surface area contributed by atoms with Gasteiger partial charge in [-0.25, -0.2) is 0 Å². The Morgan fingerprint density at radius 3 is 2.33 bits per heavy atom. The first-order valence-corrected chi connectivity index (χ1v) is 7.73. The zero-order valence-electron chi connectivity index (χ0n) is 13.6. The van der Waals surface area contributed by atoms with Crippen LogP contribution < -0.4 is 0 Å². The summed E-state index contributed by atoms with van der Waals surface area (Å²) < 4.78 is 15.8. The molecule has 0 amide bonds. The first-order valence-electron chi connectivity index (χ1n) is 7.73. The van der Waals surface area contributed by atoms with E-state index < -0.39 is 11.5 Å². The Bertz CT molecular complexity index is 339. The van der Waals surface area contributed by atoms with Gasteiger partial charge < -0.3 is 14.2 Å². The lowest BCUT2D eigenvalue weighted by Crippen LogP contribution is -2.31. The monoisotopic (exact) mass is 300 g/mol. The molecule has 0 aromatic rings. The van der Waals surface area contributed by atoms with Gasteiger partial charge in [0.25, 0.3) is 0 Å². The molecule has 1 aliphatic carbocycles. The van der Waals surface area contributed by atoms with E-state index in [1.165, 1.54) is 0 Å². The molecular weight excluding hydrogens is 272 g/mol. The number of hydrogen-bond donors (Lipinski definition) is 0. The average molecular weight is 300 g/mol.